The molecule has 1 amide bonds. The highest BCUT2D eigenvalue weighted by atomic mass is 16.2. The standard InChI is InChI=1S/C11H21N3O/c1-8-4-9-5-12-6-10(9)14(8)11(15)7-13(2)3/h8-10,12H,4-7H2,1-3H3. The molecular formula is C11H21N3O. The predicted octanol–water partition coefficient (Wildman–Crippen LogP) is -0.243. The molecule has 0 aromatic carbocycles. The molecule has 2 fully saturated rings. The summed E-state index contributed by atoms with van der Waals surface area (Å²) in [5.74, 6) is 0.967. The van der Waals surface area contributed by atoms with E-state index in [-0.39, 0.29) is 5.91 Å². The van der Waals surface area contributed by atoms with Crippen LogP contribution in [0.2, 0.25) is 0 Å². The van der Waals surface area contributed by atoms with Gasteiger partial charge in [0.1, 0.15) is 0 Å². The smallest absolute Gasteiger partial charge is 0.237 e. The van der Waals surface area contributed by atoms with Crippen molar-refractivity contribution in [3.8, 4) is 0 Å². The highest BCUT2D eigenvalue weighted by molar-refractivity contribution is 5.79. The summed E-state index contributed by atoms with van der Waals surface area (Å²) in [6.45, 7) is 4.77. The van der Waals surface area contributed by atoms with Gasteiger partial charge in [-0.2, -0.15) is 0 Å². The second kappa shape index (κ2) is 4.10. The number of carbonyl (C=O) groups excluding carboxylic acids is 1. The van der Waals surface area contributed by atoms with Crippen LogP contribution in [-0.2, 0) is 4.79 Å². The first-order chi connectivity index (χ1) is 7.09. The van der Waals surface area contributed by atoms with Gasteiger partial charge in [0, 0.05) is 25.2 Å². The zero-order valence-corrected chi connectivity index (χ0v) is 9.86. The second-order valence-corrected chi connectivity index (χ2v) is 5.11. The Kier molecular flexibility index (Phi) is 2.98. The van der Waals surface area contributed by atoms with Crippen LogP contribution in [0.4, 0.5) is 0 Å². The van der Waals surface area contributed by atoms with Crippen LogP contribution in [0.3, 0.4) is 0 Å². The maximum Gasteiger partial charge on any atom is 0.237 e. The average Bonchev–Trinajstić information content (AvgIpc) is 2.60. The molecule has 2 aliphatic rings. The van der Waals surface area contributed by atoms with Crippen molar-refractivity contribution in [3.63, 3.8) is 0 Å². The summed E-state index contributed by atoms with van der Waals surface area (Å²) in [6, 6.07) is 0.877. The van der Waals surface area contributed by atoms with Crippen LogP contribution in [-0.4, -0.2) is 61.5 Å². The molecule has 0 spiro atoms. The number of fused-ring (bicyclic) bond motifs is 1. The zero-order chi connectivity index (χ0) is 11.0. The lowest BCUT2D eigenvalue weighted by Crippen LogP contribution is -2.46. The summed E-state index contributed by atoms with van der Waals surface area (Å²) in [5, 5.41) is 3.38. The molecule has 3 atom stereocenters. The van der Waals surface area contributed by atoms with E-state index in [4.69, 9.17) is 0 Å². The lowest BCUT2D eigenvalue weighted by atomic mass is 10.0. The number of carbonyl (C=O) groups is 1. The fourth-order valence-electron chi connectivity index (χ4n) is 2.95. The average molecular weight is 211 g/mol. The van der Waals surface area contributed by atoms with Gasteiger partial charge in [-0.1, -0.05) is 0 Å². The van der Waals surface area contributed by atoms with Crippen molar-refractivity contribution in [2.45, 2.75) is 25.4 Å². The number of amides is 1. The summed E-state index contributed by atoms with van der Waals surface area (Å²) in [6.07, 6.45) is 1.16. The molecule has 4 heteroatoms. The summed E-state index contributed by atoms with van der Waals surface area (Å²) < 4.78 is 0. The van der Waals surface area contributed by atoms with Crippen molar-refractivity contribution in [2.24, 2.45) is 5.92 Å². The molecule has 1 N–H and O–H groups in total. The van der Waals surface area contributed by atoms with E-state index in [2.05, 4.69) is 17.1 Å². The van der Waals surface area contributed by atoms with Gasteiger partial charge < -0.3 is 15.1 Å². The van der Waals surface area contributed by atoms with Gasteiger partial charge in [0.2, 0.25) is 5.91 Å². The van der Waals surface area contributed by atoms with Gasteiger partial charge in [0.15, 0.2) is 0 Å². The Bertz CT molecular complexity index is 254. The first-order valence-electron chi connectivity index (χ1n) is 5.76. The molecular weight excluding hydrogens is 190 g/mol. The third-order valence-electron chi connectivity index (χ3n) is 3.52. The Morgan fingerprint density at radius 1 is 1.47 bits per heavy atom. The number of nitrogens with one attached hydrogen (secondary N) is 1. The number of likely N-dealkylation sites (N-methyl/N-ethyl adjacent to an activating group) is 1. The molecule has 2 heterocycles. The molecule has 2 aliphatic heterocycles. The molecule has 15 heavy (non-hydrogen) atoms. The van der Waals surface area contributed by atoms with Crippen molar-refractivity contribution in [3.05, 3.63) is 0 Å². The van der Waals surface area contributed by atoms with Crippen LogP contribution in [0, 0.1) is 5.92 Å². The molecule has 2 rings (SSSR count). The summed E-state index contributed by atoms with van der Waals surface area (Å²) in [4.78, 5) is 16.1. The number of hydrogen-bond donors (Lipinski definition) is 1. The van der Waals surface area contributed by atoms with Gasteiger partial charge in [0.25, 0.3) is 0 Å². The fourth-order valence-corrected chi connectivity index (χ4v) is 2.95. The van der Waals surface area contributed by atoms with Crippen LogP contribution < -0.4 is 5.32 Å². The van der Waals surface area contributed by atoms with E-state index in [1.807, 2.05) is 19.0 Å². The topological polar surface area (TPSA) is 35.6 Å². The minimum atomic E-state index is 0.281. The molecule has 0 bridgehead atoms. The molecule has 0 radical (unpaired) electrons. The van der Waals surface area contributed by atoms with Crippen molar-refractivity contribution >= 4 is 5.91 Å². The lowest BCUT2D eigenvalue weighted by Gasteiger charge is -2.28. The van der Waals surface area contributed by atoms with Gasteiger partial charge in [0.05, 0.1) is 6.54 Å². The summed E-state index contributed by atoms with van der Waals surface area (Å²) >= 11 is 0. The van der Waals surface area contributed by atoms with Crippen LogP contribution >= 0.6 is 0 Å². The van der Waals surface area contributed by atoms with Gasteiger partial charge >= 0.3 is 0 Å². The molecule has 4 nitrogen and oxygen atoms in total. The molecule has 0 aliphatic carbocycles. The first kappa shape index (κ1) is 10.9. The maximum atomic E-state index is 12.1. The SMILES string of the molecule is CC1CC2CNCC2N1C(=O)CN(C)C. The quantitative estimate of drug-likeness (QED) is 0.684. The van der Waals surface area contributed by atoms with E-state index >= 15 is 0 Å². The fraction of sp³-hybridized carbons (Fsp3) is 0.909. The highest BCUT2D eigenvalue weighted by Crippen LogP contribution is 2.32. The minimum Gasteiger partial charge on any atom is -0.334 e. The predicted molar refractivity (Wildman–Crippen MR) is 59.6 cm³/mol. The Hall–Kier alpha value is -0.610. The molecule has 86 valence electrons. The van der Waals surface area contributed by atoms with Crippen molar-refractivity contribution < 1.29 is 4.79 Å². The number of hydrogen-bond acceptors (Lipinski definition) is 3. The molecule has 2 saturated heterocycles. The van der Waals surface area contributed by atoms with E-state index < -0.39 is 0 Å². The van der Waals surface area contributed by atoms with Crippen molar-refractivity contribution in [1.82, 2.24) is 15.1 Å². The Morgan fingerprint density at radius 3 is 2.87 bits per heavy atom. The number of likely N-dealkylation sites (tertiary alicyclic amines) is 1. The van der Waals surface area contributed by atoms with E-state index in [9.17, 15) is 4.79 Å². The third kappa shape index (κ3) is 2.01. The normalized spacial score (nSPS) is 34.9. The lowest BCUT2D eigenvalue weighted by molar-refractivity contribution is -0.134. The maximum absolute atomic E-state index is 12.1. The molecule has 0 aromatic rings. The van der Waals surface area contributed by atoms with E-state index in [0.29, 0.717) is 24.5 Å². The van der Waals surface area contributed by atoms with Gasteiger partial charge in [-0.25, -0.2) is 0 Å². The van der Waals surface area contributed by atoms with Crippen LogP contribution in [0.15, 0.2) is 0 Å². The number of rotatable bonds is 2. The first-order valence-corrected chi connectivity index (χ1v) is 5.76. The second-order valence-electron chi connectivity index (χ2n) is 5.11. The molecule has 0 saturated carbocycles. The monoisotopic (exact) mass is 211 g/mol. The van der Waals surface area contributed by atoms with Crippen molar-refractivity contribution in [2.75, 3.05) is 33.7 Å². The number of nitrogens with zero attached hydrogens (tertiary/aromatic N) is 2. The van der Waals surface area contributed by atoms with Crippen LogP contribution in [0.25, 0.3) is 0 Å². The Balaban J connectivity index is 2.03. The van der Waals surface area contributed by atoms with Gasteiger partial charge in [-0.15, -0.1) is 0 Å². The van der Waals surface area contributed by atoms with E-state index in [0.717, 1.165) is 19.5 Å². The third-order valence-corrected chi connectivity index (χ3v) is 3.52. The molecule has 0 aromatic heterocycles. The minimum absolute atomic E-state index is 0.281. The van der Waals surface area contributed by atoms with Gasteiger partial charge in [-0.05, 0) is 33.4 Å². The Morgan fingerprint density at radius 2 is 2.20 bits per heavy atom. The Labute approximate surface area is 91.6 Å². The van der Waals surface area contributed by atoms with Crippen LogP contribution in [0.5, 0.6) is 0 Å². The van der Waals surface area contributed by atoms with Crippen LogP contribution in [0.1, 0.15) is 13.3 Å². The zero-order valence-electron chi connectivity index (χ0n) is 9.86. The highest BCUT2D eigenvalue weighted by Gasteiger charge is 2.43. The summed E-state index contributed by atoms with van der Waals surface area (Å²) in [5.41, 5.74) is 0. The largest absolute Gasteiger partial charge is 0.334 e. The van der Waals surface area contributed by atoms with E-state index in [1.165, 1.54) is 0 Å². The summed E-state index contributed by atoms with van der Waals surface area (Å²) in [7, 11) is 3.89. The van der Waals surface area contributed by atoms with E-state index in [1.54, 1.807) is 0 Å². The van der Waals surface area contributed by atoms with Gasteiger partial charge in [-0.3, -0.25) is 4.79 Å². The molecule has 3 unspecified atom stereocenters. The van der Waals surface area contributed by atoms with Crippen molar-refractivity contribution in [1.29, 1.82) is 0 Å².